The molecule has 1 aromatic rings. The molecule has 22 heavy (non-hydrogen) atoms. The van der Waals surface area contributed by atoms with Crippen molar-refractivity contribution in [2.45, 2.75) is 26.4 Å². The summed E-state index contributed by atoms with van der Waals surface area (Å²) >= 11 is -0.668. The summed E-state index contributed by atoms with van der Waals surface area (Å²) < 4.78 is 9.24. The van der Waals surface area contributed by atoms with E-state index in [9.17, 15) is 0 Å². The van der Waals surface area contributed by atoms with Gasteiger partial charge in [-0.25, -0.2) is 0 Å². The first-order valence-corrected chi connectivity index (χ1v) is 10.3. The molecule has 0 aliphatic heterocycles. The molecule has 0 bridgehead atoms. The summed E-state index contributed by atoms with van der Waals surface area (Å²) in [5.74, 6) is 0. The van der Waals surface area contributed by atoms with Crippen molar-refractivity contribution in [3.05, 3.63) is 62.5 Å². The molecule has 0 amide bonds. The minimum absolute atomic E-state index is 0. The average Bonchev–Trinajstić information content (AvgIpc) is 3.02. The van der Waals surface area contributed by atoms with Gasteiger partial charge in [0.15, 0.2) is 0 Å². The van der Waals surface area contributed by atoms with Crippen LogP contribution in [0.3, 0.4) is 0 Å². The molecule has 5 heteroatoms. The summed E-state index contributed by atoms with van der Waals surface area (Å²) in [6, 6.07) is 8.82. The van der Waals surface area contributed by atoms with Crippen LogP contribution < -0.4 is 24.8 Å². The number of halogens is 2. The number of allylic oxidation sites excluding steroid dienone is 5. The fraction of sp³-hybridized carbons (Fsp3) is 0.235. The van der Waals surface area contributed by atoms with Crippen molar-refractivity contribution < 1.29 is 52.0 Å². The second kappa shape index (κ2) is 8.70. The third kappa shape index (κ3) is 3.71. The molecule has 115 valence electrons. The Hall–Kier alpha value is -0.0500. The largest absolute Gasteiger partial charge is 1.00 e. The van der Waals surface area contributed by atoms with Crippen molar-refractivity contribution in [2.24, 2.45) is 0 Å². The number of hydrogen-bond acceptors (Lipinski definition) is 1. The normalized spacial score (nSPS) is 18.3. The summed E-state index contributed by atoms with van der Waals surface area (Å²) in [6.07, 6.45) is 8.04. The van der Waals surface area contributed by atoms with Crippen LogP contribution in [-0.4, -0.2) is 13.7 Å². The molecular formula is C17H19Cl2OSiZr. The molecule has 0 aromatic heterocycles. The third-order valence-electron chi connectivity index (χ3n) is 3.76. The molecule has 1 nitrogen and oxygen atoms in total. The minimum Gasteiger partial charge on any atom is -1.00 e. The number of rotatable bonds is 3. The van der Waals surface area contributed by atoms with Gasteiger partial charge < -0.3 is 24.8 Å². The topological polar surface area (TPSA) is 9.23 Å². The Labute approximate surface area is 159 Å². The smallest absolute Gasteiger partial charge is 1.00 e. The van der Waals surface area contributed by atoms with Gasteiger partial charge in [-0.1, -0.05) is 0 Å². The van der Waals surface area contributed by atoms with E-state index in [4.69, 9.17) is 4.43 Å². The molecule has 1 unspecified atom stereocenters. The Kier molecular flexibility index (Phi) is 7.91. The molecule has 2 aliphatic rings. The van der Waals surface area contributed by atoms with E-state index in [0.29, 0.717) is 0 Å². The van der Waals surface area contributed by atoms with Crippen LogP contribution in [0.5, 0.6) is 0 Å². The van der Waals surface area contributed by atoms with Gasteiger partial charge in [-0.05, 0) is 0 Å². The van der Waals surface area contributed by atoms with Crippen LogP contribution in [0.1, 0.15) is 37.5 Å². The standard InChI is InChI=1S/C14H13OSi.C3H6.2ClH.Zr/c16-15-14-9-13(10-5-1-2-6-10)11-7-3-4-8-12(11)14;1-3-2;;;/h1-5,7-8,14H,6H2,16H3;1-2H3;2*1H;/q;;;;+2/p-2. The molecule has 0 saturated heterocycles. The molecular weight excluding hydrogens is 410 g/mol. The maximum atomic E-state index is 6.00. The second-order valence-corrected chi connectivity index (χ2v) is 10.3. The van der Waals surface area contributed by atoms with Gasteiger partial charge in [0, 0.05) is 0 Å². The van der Waals surface area contributed by atoms with Crippen molar-refractivity contribution in [3.8, 4) is 0 Å². The summed E-state index contributed by atoms with van der Waals surface area (Å²) in [5, 5.41) is 0. The first-order valence-electron chi connectivity index (χ1n) is 7.02. The maximum absolute atomic E-state index is 6.00. The predicted molar refractivity (Wildman–Crippen MR) is 85.3 cm³/mol. The molecule has 1 atom stereocenters. The van der Waals surface area contributed by atoms with Gasteiger partial charge >= 0.3 is 135 Å². The van der Waals surface area contributed by atoms with Crippen molar-refractivity contribution in [1.82, 2.24) is 0 Å². The number of benzene rings is 1. The zero-order valence-corrected chi connectivity index (χ0v) is 19.0. The van der Waals surface area contributed by atoms with Crippen LogP contribution in [-0.2, 0) is 27.2 Å². The zero-order chi connectivity index (χ0) is 14.1. The van der Waals surface area contributed by atoms with Crippen molar-refractivity contribution in [1.29, 1.82) is 0 Å². The molecule has 0 saturated carbocycles. The zero-order valence-electron chi connectivity index (χ0n) is 13.0. The van der Waals surface area contributed by atoms with E-state index in [-0.39, 0.29) is 30.9 Å². The van der Waals surface area contributed by atoms with E-state index in [0.717, 1.165) is 16.9 Å². The first kappa shape index (κ1) is 20.0. The molecule has 0 N–H and O–H groups in total. The average molecular weight is 430 g/mol. The van der Waals surface area contributed by atoms with Gasteiger partial charge in [-0.15, -0.1) is 0 Å². The Morgan fingerprint density at radius 1 is 1.23 bits per heavy atom. The first-order chi connectivity index (χ1) is 9.72. The molecule has 1 aromatic carbocycles. The van der Waals surface area contributed by atoms with Crippen molar-refractivity contribution in [3.63, 3.8) is 0 Å². The molecule has 3 rings (SSSR count). The monoisotopic (exact) mass is 427 g/mol. The van der Waals surface area contributed by atoms with Crippen LogP contribution >= 0.6 is 0 Å². The molecule has 2 aliphatic carbocycles. The second-order valence-electron chi connectivity index (χ2n) is 5.44. The fourth-order valence-corrected chi connectivity index (χ4v) is 7.43. The van der Waals surface area contributed by atoms with Gasteiger partial charge in [0.25, 0.3) is 0 Å². The molecule has 0 spiro atoms. The minimum atomic E-state index is -0.668. The Bertz CT molecular complexity index is 673. The number of hydrogen-bond donors (Lipinski definition) is 0. The van der Waals surface area contributed by atoms with Gasteiger partial charge in [0.2, 0.25) is 0 Å². The van der Waals surface area contributed by atoms with Crippen LogP contribution in [0.25, 0.3) is 5.57 Å². The Balaban J connectivity index is 0.00000121. The van der Waals surface area contributed by atoms with E-state index in [2.05, 4.69) is 56.3 Å². The van der Waals surface area contributed by atoms with Crippen molar-refractivity contribution in [2.75, 3.05) is 0 Å². The van der Waals surface area contributed by atoms with Gasteiger partial charge in [-0.3, -0.25) is 0 Å². The van der Waals surface area contributed by atoms with Gasteiger partial charge in [0.05, 0.1) is 0 Å². The van der Waals surface area contributed by atoms with E-state index >= 15 is 0 Å². The molecule has 0 heterocycles. The van der Waals surface area contributed by atoms with Crippen molar-refractivity contribution >= 4 is 19.3 Å². The summed E-state index contributed by atoms with van der Waals surface area (Å²) in [5.41, 5.74) is 5.80. The van der Waals surface area contributed by atoms with Crippen LogP contribution in [0, 0.1) is 0 Å². The van der Waals surface area contributed by atoms with E-state index in [1.165, 1.54) is 22.3 Å². The maximum Gasteiger partial charge on any atom is -1.00 e. The molecule has 0 radical (unpaired) electrons. The summed E-state index contributed by atoms with van der Waals surface area (Å²) in [6.45, 7) is 4.57. The number of fused-ring (bicyclic) bond motifs is 1. The van der Waals surface area contributed by atoms with Crippen LogP contribution in [0.2, 0.25) is 0 Å². The predicted octanol–water partition coefficient (Wildman–Crippen LogP) is -3.06. The van der Waals surface area contributed by atoms with E-state index in [1.54, 1.807) is 6.49 Å². The van der Waals surface area contributed by atoms with Gasteiger partial charge in [-0.2, -0.15) is 0 Å². The van der Waals surface area contributed by atoms with Gasteiger partial charge in [0.1, 0.15) is 0 Å². The third-order valence-corrected chi connectivity index (χ3v) is 7.38. The molecule has 0 fully saturated rings. The van der Waals surface area contributed by atoms with E-state index in [1.807, 2.05) is 0 Å². The summed E-state index contributed by atoms with van der Waals surface area (Å²) in [4.78, 5) is 0. The van der Waals surface area contributed by atoms with Crippen LogP contribution in [0.4, 0.5) is 0 Å². The fourth-order valence-electron chi connectivity index (χ4n) is 3.01. The summed E-state index contributed by atoms with van der Waals surface area (Å²) in [7, 11) is 0.793. The Morgan fingerprint density at radius 2 is 1.95 bits per heavy atom. The SMILES string of the molecule is C[C](C)=[Zr+2][C]1=C(C2=CC=CC2)c2ccccc2C1O[SiH3].[Cl-].[Cl-]. The quantitative estimate of drug-likeness (QED) is 0.464. The van der Waals surface area contributed by atoms with E-state index < -0.39 is 22.8 Å². The Morgan fingerprint density at radius 3 is 2.55 bits per heavy atom. The van der Waals surface area contributed by atoms with Crippen LogP contribution in [0.15, 0.2) is 51.3 Å².